The lowest BCUT2D eigenvalue weighted by Crippen LogP contribution is -2.13. The topological polar surface area (TPSA) is 82.2 Å². The lowest BCUT2D eigenvalue weighted by Gasteiger charge is -2.10. The molecule has 0 spiro atoms. The third-order valence-electron chi connectivity index (χ3n) is 5.56. The van der Waals surface area contributed by atoms with Gasteiger partial charge in [-0.3, -0.25) is 4.79 Å². The van der Waals surface area contributed by atoms with Crippen LogP contribution in [-0.2, 0) is 6.54 Å². The molecule has 170 valence electrons. The van der Waals surface area contributed by atoms with Crippen LogP contribution in [0.1, 0.15) is 33.1 Å². The van der Waals surface area contributed by atoms with Gasteiger partial charge in [-0.15, -0.1) is 0 Å². The van der Waals surface area contributed by atoms with E-state index in [4.69, 9.17) is 9.15 Å². The van der Waals surface area contributed by atoms with E-state index in [0.29, 0.717) is 35.0 Å². The summed E-state index contributed by atoms with van der Waals surface area (Å²) < 4.78 is 14.3. The SMILES string of the molecule is Cc1ccc(Oc2cc(C(=O)Nc3ccc(C)cn3)cc3oc(Cn4ccnc4C)cc23)cc1. The molecule has 0 fully saturated rings. The highest BCUT2D eigenvalue weighted by Gasteiger charge is 2.17. The maximum absolute atomic E-state index is 13.0. The summed E-state index contributed by atoms with van der Waals surface area (Å²) in [7, 11) is 0. The summed E-state index contributed by atoms with van der Waals surface area (Å²) in [4.78, 5) is 21.6. The Kier molecular flexibility index (Phi) is 5.59. The van der Waals surface area contributed by atoms with E-state index < -0.39 is 0 Å². The van der Waals surface area contributed by atoms with E-state index in [9.17, 15) is 4.79 Å². The summed E-state index contributed by atoms with van der Waals surface area (Å²) in [6, 6.07) is 16.8. The number of ether oxygens (including phenoxy) is 1. The number of carbonyl (C=O) groups excluding carboxylic acids is 1. The van der Waals surface area contributed by atoms with Gasteiger partial charge in [0.25, 0.3) is 5.91 Å². The lowest BCUT2D eigenvalue weighted by molar-refractivity contribution is 0.102. The first-order chi connectivity index (χ1) is 16.4. The van der Waals surface area contributed by atoms with Crippen molar-refractivity contribution in [1.82, 2.24) is 14.5 Å². The van der Waals surface area contributed by atoms with Crippen LogP contribution in [0.3, 0.4) is 0 Å². The van der Waals surface area contributed by atoms with Gasteiger partial charge in [0, 0.05) is 24.2 Å². The highest BCUT2D eigenvalue weighted by Crippen LogP contribution is 2.34. The van der Waals surface area contributed by atoms with Gasteiger partial charge in [-0.2, -0.15) is 0 Å². The number of aryl methyl sites for hydroxylation is 3. The molecule has 0 aliphatic rings. The molecule has 3 aromatic heterocycles. The molecule has 0 radical (unpaired) electrons. The zero-order chi connectivity index (χ0) is 23.7. The zero-order valence-electron chi connectivity index (χ0n) is 19.2. The van der Waals surface area contributed by atoms with Crippen molar-refractivity contribution in [2.45, 2.75) is 27.3 Å². The maximum Gasteiger partial charge on any atom is 0.257 e. The van der Waals surface area contributed by atoms with Gasteiger partial charge in [0.2, 0.25) is 0 Å². The molecule has 1 N–H and O–H groups in total. The van der Waals surface area contributed by atoms with Crippen LogP contribution in [0.5, 0.6) is 11.5 Å². The lowest BCUT2D eigenvalue weighted by atomic mass is 10.1. The Labute approximate surface area is 197 Å². The van der Waals surface area contributed by atoms with Crippen LogP contribution in [0.2, 0.25) is 0 Å². The molecule has 0 saturated carbocycles. The van der Waals surface area contributed by atoms with Gasteiger partial charge in [-0.05, 0) is 62.7 Å². The molecule has 34 heavy (non-hydrogen) atoms. The zero-order valence-corrected chi connectivity index (χ0v) is 19.2. The number of aromatic nitrogens is 3. The van der Waals surface area contributed by atoms with E-state index in [1.807, 2.05) is 67.9 Å². The summed E-state index contributed by atoms with van der Waals surface area (Å²) in [5, 5.41) is 3.63. The van der Waals surface area contributed by atoms with Crippen molar-refractivity contribution in [3.8, 4) is 11.5 Å². The van der Waals surface area contributed by atoms with Crippen LogP contribution in [0.15, 0.2) is 77.6 Å². The second kappa shape index (κ2) is 8.86. The minimum Gasteiger partial charge on any atom is -0.459 e. The Bertz CT molecular complexity index is 1460. The van der Waals surface area contributed by atoms with E-state index in [-0.39, 0.29) is 5.91 Å². The Morgan fingerprint density at radius 2 is 1.79 bits per heavy atom. The second-order valence-electron chi connectivity index (χ2n) is 8.29. The Morgan fingerprint density at radius 3 is 2.50 bits per heavy atom. The number of rotatable bonds is 6. The molecule has 5 rings (SSSR count). The third-order valence-corrected chi connectivity index (χ3v) is 5.56. The summed E-state index contributed by atoms with van der Waals surface area (Å²) >= 11 is 0. The number of nitrogens with zero attached hydrogens (tertiary/aromatic N) is 3. The monoisotopic (exact) mass is 452 g/mol. The quantitative estimate of drug-likeness (QED) is 0.339. The normalized spacial score (nSPS) is 11.0. The number of pyridine rings is 1. The van der Waals surface area contributed by atoms with Crippen LogP contribution in [0.25, 0.3) is 11.0 Å². The molecule has 3 heterocycles. The maximum atomic E-state index is 13.0. The van der Waals surface area contributed by atoms with Gasteiger partial charge in [0.1, 0.15) is 34.5 Å². The van der Waals surface area contributed by atoms with Crippen LogP contribution in [0.4, 0.5) is 5.82 Å². The first kappa shape index (κ1) is 21.5. The van der Waals surface area contributed by atoms with E-state index in [0.717, 1.165) is 28.1 Å². The van der Waals surface area contributed by atoms with Gasteiger partial charge in [0.15, 0.2) is 0 Å². The minimum atomic E-state index is -0.296. The van der Waals surface area contributed by atoms with E-state index in [1.54, 1.807) is 30.6 Å². The Hall–Kier alpha value is -4.39. The molecule has 0 unspecified atom stereocenters. The fraction of sp³-hybridized carbons (Fsp3) is 0.148. The Morgan fingerprint density at radius 1 is 1.00 bits per heavy atom. The van der Waals surface area contributed by atoms with Crippen LogP contribution < -0.4 is 10.1 Å². The summed E-state index contributed by atoms with van der Waals surface area (Å²) in [5.74, 6) is 3.03. The molecule has 0 aliphatic heterocycles. The number of imidazole rings is 1. The smallest absolute Gasteiger partial charge is 0.257 e. The van der Waals surface area contributed by atoms with Crippen molar-refractivity contribution >= 4 is 22.7 Å². The van der Waals surface area contributed by atoms with E-state index >= 15 is 0 Å². The molecule has 7 nitrogen and oxygen atoms in total. The van der Waals surface area contributed by atoms with Crippen LogP contribution in [-0.4, -0.2) is 20.4 Å². The number of anilines is 1. The fourth-order valence-corrected chi connectivity index (χ4v) is 3.66. The van der Waals surface area contributed by atoms with Crippen LogP contribution >= 0.6 is 0 Å². The highest BCUT2D eigenvalue weighted by molar-refractivity contribution is 6.06. The highest BCUT2D eigenvalue weighted by atomic mass is 16.5. The molecular weight excluding hydrogens is 428 g/mol. The predicted molar refractivity (Wildman–Crippen MR) is 130 cm³/mol. The van der Waals surface area contributed by atoms with Crippen molar-refractivity contribution in [3.05, 3.63) is 101 Å². The molecule has 0 atom stereocenters. The number of fused-ring (bicyclic) bond motifs is 1. The predicted octanol–water partition coefficient (Wildman–Crippen LogP) is 6.04. The molecule has 0 saturated heterocycles. The molecular formula is C27H24N4O3. The van der Waals surface area contributed by atoms with Crippen molar-refractivity contribution in [3.63, 3.8) is 0 Å². The number of hydrogen-bond donors (Lipinski definition) is 1. The largest absolute Gasteiger partial charge is 0.459 e. The standard InChI is InChI=1S/C27H24N4O3/c1-17-4-7-21(8-5-17)33-24-12-20(27(32)30-26-9-6-18(2)15-29-26)13-25-23(24)14-22(34-25)16-31-11-10-28-19(31)3/h4-15H,16H2,1-3H3,(H,29,30,32). The van der Waals surface area contributed by atoms with Gasteiger partial charge >= 0.3 is 0 Å². The summed E-state index contributed by atoms with van der Waals surface area (Å²) in [6.45, 7) is 6.43. The molecule has 0 aliphatic carbocycles. The summed E-state index contributed by atoms with van der Waals surface area (Å²) in [6.07, 6.45) is 5.37. The number of hydrogen-bond acceptors (Lipinski definition) is 5. The Balaban J connectivity index is 1.52. The number of amides is 1. The molecule has 2 aromatic carbocycles. The molecule has 5 aromatic rings. The first-order valence-corrected chi connectivity index (χ1v) is 11.0. The van der Waals surface area contributed by atoms with Gasteiger partial charge in [0.05, 0.1) is 11.9 Å². The number of nitrogens with one attached hydrogen (secondary N) is 1. The van der Waals surface area contributed by atoms with E-state index in [2.05, 4.69) is 15.3 Å². The molecule has 7 heteroatoms. The minimum absolute atomic E-state index is 0.296. The number of furan rings is 1. The fourth-order valence-electron chi connectivity index (χ4n) is 3.66. The average molecular weight is 453 g/mol. The van der Waals surface area contributed by atoms with Crippen molar-refractivity contribution < 1.29 is 13.9 Å². The van der Waals surface area contributed by atoms with Gasteiger partial charge < -0.3 is 19.0 Å². The number of carbonyl (C=O) groups is 1. The first-order valence-electron chi connectivity index (χ1n) is 11.0. The van der Waals surface area contributed by atoms with Gasteiger partial charge in [-0.25, -0.2) is 9.97 Å². The van der Waals surface area contributed by atoms with Crippen molar-refractivity contribution in [1.29, 1.82) is 0 Å². The van der Waals surface area contributed by atoms with E-state index in [1.165, 1.54) is 0 Å². The third kappa shape index (κ3) is 4.54. The summed E-state index contributed by atoms with van der Waals surface area (Å²) in [5.41, 5.74) is 3.14. The van der Waals surface area contributed by atoms with Crippen molar-refractivity contribution in [2.75, 3.05) is 5.32 Å². The van der Waals surface area contributed by atoms with Crippen molar-refractivity contribution in [2.24, 2.45) is 0 Å². The van der Waals surface area contributed by atoms with Crippen LogP contribution in [0, 0.1) is 20.8 Å². The molecule has 0 bridgehead atoms. The number of benzene rings is 2. The van der Waals surface area contributed by atoms with Gasteiger partial charge in [-0.1, -0.05) is 23.8 Å². The molecule has 1 amide bonds. The average Bonchev–Trinajstić information content (AvgIpc) is 3.42. The second-order valence-corrected chi connectivity index (χ2v) is 8.29.